The van der Waals surface area contributed by atoms with Crippen molar-refractivity contribution in [2.45, 2.75) is 18.6 Å². The van der Waals surface area contributed by atoms with Crippen LogP contribution in [0.25, 0.3) is 11.2 Å². The topological polar surface area (TPSA) is 61.8 Å². The minimum atomic E-state index is -0.382. The Bertz CT molecular complexity index is 841. The molecule has 0 aliphatic rings. The Morgan fingerprint density at radius 2 is 2.00 bits per heavy atom. The standard InChI is InChI=1S/C14H18N4O2S/c1-6-7-21-13-15-11-10(18(13)8-9(2)3)12(19)17(5)14(20)16(11)4/h6H,1-2,7-8H2,3-5H3. The molecule has 0 fully saturated rings. The summed E-state index contributed by atoms with van der Waals surface area (Å²) >= 11 is 1.47. The molecule has 0 aromatic carbocycles. The van der Waals surface area contributed by atoms with Gasteiger partial charge in [-0.2, -0.15) is 0 Å². The van der Waals surface area contributed by atoms with Crippen LogP contribution in [0.3, 0.4) is 0 Å². The molecule has 0 atom stereocenters. The van der Waals surface area contributed by atoms with Crippen LogP contribution in [0.15, 0.2) is 39.6 Å². The molecule has 0 radical (unpaired) electrons. The van der Waals surface area contributed by atoms with E-state index in [4.69, 9.17) is 0 Å². The molecule has 6 nitrogen and oxygen atoms in total. The SMILES string of the molecule is C=CCSc1nc2c(c(=O)n(C)c(=O)n2C)n1CC(=C)C. The second kappa shape index (κ2) is 5.77. The van der Waals surface area contributed by atoms with Crippen LogP contribution >= 0.6 is 11.8 Å². The summed E-state index contributed by atoms with van der Waals surface area (Å²) in [4.78, 5) is 28.9. The Labute approximate surface area is 126 Å². The van der Waals surface area contributed by atoms with E-state index >= 15 is 0 Å². The number of hydrogen-bond donors (Lipinski definition) is 0. The number of allylic oxidation sites excluding steroid dienone is 1. The minimum absolute atomic E-state index is 0.340. The number of fused-ring (bicyclic) bond motifs is 1. The van der Waals surface area contributed by atoms with Crippen molar-refractivity contribution in [2.24, 2.45) is 14.1 Å². The Hall–Kier alpha value is -2.02. The van der Waals surface area contributed by atoms with Crippen molar-refractivity contribution in [1.82, 2.24) is 18.7 Å². The predicted octanol–water partition coefficient (Wildman–Crippen LogP) is 1.29. The third kappa shape index (κ3) is 2.61. The van der Waals surface area contributed by atoms with Gasteiger partial charge in [-0.05, 0) is 6.92 Å². The van der Waals surface area contributed by atoms with E-state index in [1.165, 1.54) is 23.4 Å². The molecule has 2 aromatic heterocycles. The van der Waals surface area contributed by atoms with Crippen molar-refractivity contribution in [2.75, 3.05) is 5.75 Å². The quantitative estimate of drug-likeness (QED) is 0.617. The second-order valence-corrected chi connectivity index (χ2v) is 5.90. The number of rotatable bonds is 5. The van der Waals surface area contributed by atoms with Gasteiger partial charge in [-0.3, -0.25) is 13.9 Å². The van der Waals surface area contributed by atoms with Crippen molar-refractivity contribution in [3.05, 3.63) is 45.6 Å². The summed E-state index contributed by atoms with van der Waals surface area (Å²) in [6.45, 7) is 9.96. The third-order valence-electron chi connectivity index (χ3n) is 3.07. The normalized spacial score (nSPS) is 11.0. The molecule has 0 saturated carbocycles. The monoisotopic (exact) mass is 306 g/mol. The first-order chi connectivity index (χ1) is 9.88. The predicted molar refractivity (Wildman–Crippen MR) is 86.0 cm³/mol. The fraction of sp³-hybridized carbons (Fsp3) is 0.357. The smallest absolute Gasteiger partial charge is 0.309 e. The minimum Gasteiger partial charge on any atom is -0.309 e. The molecule has 21 heavy (non-hydrogen) atoms. The highest BCUT2D eigenvalue weighted by molar-refractivity contribution is 7.99. The van der Waals surface area contributed by atoms with Crippen LogP contribution in [-0.2, 0) is 20.6 Å². The van der Waals surface area contributed by atoms with E-state index in [1.54, 1.807) is 13.1 Å². The molecule has 0 aliphatic carbocycles. The molecular weight excluding hydrogens is 288 g/mol. The molecule has 2 rings (SSSR count). The lowest BCUT2D eigenvalue weighted by molar-refractivity contribution is 0.694. The van der Waals surface area contributed by atoms with Crippen molar-refractivity contribution >= 4 is 22.9 Å². The summed E-state index contributed by atoms with van der Waals surface area (Å²) in [6.07, 6.45) is 1.77. The van der Waals surface area contributed by atoms with Gasteiger partial charge in [0.15, 0.2) is 16.3 Å². The summed E-state index contributed by atoms with van der Waals surface area (Å²) < 4.78 is 4.30. The molecule has 0 saturated heterocycles. The number of aromatic nitrogens is 4. The van der Waals surface area contributed by atoms with Crippen LogP contribution in [-0.4, -0.2) is 24.4 Å². The Morgan fingerprint density at radius 3 is 2.57 bits per heavy atom. The number of imidazole rings is 1. The largest absolute Gasteiger partial charge is 0.332 e. The van der Waals surface area contributed by atoms with Crippen LogP contribution < -0.4 is 11.2 Å². The first-order valence-electron chi connectivity index (χ1n) is 6.42. The maximum Gasteiger partial charge on any atom is 0.332 e. The van der Waals surface area contributed by atoms with Crippen molar-refractivity contribution in [1.29, 1.82) is 0 Å². The fourth-order valence-electron chi connectivity index (χ4n) is 2.09. The average Bonchev–Trinajstić information content (AvgIpc) is 2.78. The lowest BCUT2D eigenvalue weighted by Gasteiger charge is -2.08. The highest BCUT2D eigenvalue weighted by atomic mass is 32.2. The highest BCUT2D eigenvalue weighted by Crippen LogP contribution is 2.22. The van der Waals surface area contributed by atoms with Gasteiger partial charge >= 0.3 is 5.69 Å². The average molecular weight is 306 g/mol. The molecule has 112 valence electrons. The molecule has 0 spiro atoms. The molecule has 2 heterocycles. The maximum absolute atomic E-state index is 12.4. The second-order valence-electron chi connectivity index (χ2n) is 4.92. The van der Waals surface area contributed by atoms with Gasteiger partial charge in [0.1, 0.15) is 0 Å². The van der Waals surface area contributed by atoms with E-state index in [9.17, 15) is 9.59 Å². The van der Waals surface area contributed by atoms with E-state index in [0.717, 1.165) is 10.1 Å². The van der Waals surface area contributed by atoms with Gasteiger partial charge in [-0.15, -0.1) is 6.58 Å². The van der Waals surface area contributed by atoms with Gasteiger partial charge in [0.25, 0.3) is 5.56 Å². The van der Waals surface area contributed by atoms with Crippen LogP contribution in [0.5, 0.6) is 0 Å². The molecule has 0 N–H and O–H groups in total. The van der Waals surface area contributed by atoms with E-state index < -0.39 is 0 Å². The molecule has 0 unspecified atom stereocenters. The number of hydrogen-bond acceptors (Lipinski definition) is 4. The first-order valence-corrected chi connectivity index (χ1v) is 7.41. The van der Waals surface area contributed by atoms with Gasteiger partial charge in [0.2, 0.25) is 0 Å². The maximum atomic E-state index is 12.4. The third-order valence-corrected chi connectivity index (χ3v) is 4.04. The Kier molecular flexibility index (Phi) is 4.22. The van der Waals surface area contributed by atoms with Gasteiger partial charge < -0.3 is 4.57 Å². The lowest BCUT2D eigenvalue weighted by Crippen LogP contribution is -2.37. The van der Waals surface area contributed by atoms with Crippen LogP contribution in [0, 0.1) is 0 Å². The number of thioether (sulfide) groups is 1. The van der Waals surface area contributed by atoms with Gasteiger partial charge in [-0.25, -0.2) is 9.78 Å². The van der Waals surface area contributed by atoms with Gasteiger partial charge in [0, 0.05) is 26.4 Å². The fourth-order valence-corrected chi connectivity index (χ4v) is 2.82. The Morgan fingerprint density at radius 1 is 1.33 bits per heavy atom. The first kappa shape index (κ1) is 15.4. The van der Waals surface area contributed by atoms with Crippen LogP contribution in [0.2, 0.25) is 0 Å². The zero-order valence-electron chi connectivity index (χ0n) is 12.4. The Balaban J connectivity index is 2.86. The van der Waals surface area contributed by atoms with Crippen molar-refractivity contribution in [3.63, 3.8) is 0 Å². The summed E-state index contributed by atoms with van der Waals surface area (Å²) in [5.41, 5.74) is 1.01. The molecular formula is C14H18N4O2S. The van der Waals surface area contributed by atoms with Gasteiger partial charge in [0.05, 0.1) is 0 Å². The summed E-state index contributed by atoms with van der Waals surface area (Å²) in [7, 11) is 3.09. The zero-order chi connectivity index (χ0) is 15.7. The molecule has 0 bridgehead atoms. The van der Waals surface area contributed by atoms with Gasteiger partial charge in [-0.1, -0.05) is 30.0 Å². The van der Waals surface area contributed by atoms with E-state index in [0.29, 0.717) is 28.6 Å². The van der Waals surface area contributed by atoms with Crippen molar-refractivity contribution < 1.29 is 0 Å². The van der Waals surface area contributed by atoms with E-state index in [-0.39, 0.29) is 11.2 Å². The van der Waals surface area contributed by atoms with E-state index in [2.05, 4.69) is 18.1 Å². The van der Waals surface area contributed by atoms with Crippen LogP contribution in [0.1, 0.15) is 6.92 Å². The highest BCUT2D eigenvalue weighted by Gasteiger charge is 2.18. The van der Waals surface area contributed by atoms with Crippen LogP contribution in [0.4, 0.5) is 0 Å². The zero-order valence-corrected chi connectivity index (χ0v) is 13.2. The summed E-state index contributed by atoms with van der Waals surface area (Å²) in [5.74, 6) is 0.674. The lowest BCUT2D eigenvalue weighted by atomic mass is 10.3. The number of aryl methyl sites for hydroxylation is 1. The number of nitrogens with zero attached hydrogens (tertiary/aromatic N) is 4. The molecule has 2 aromatic rings. The summed E-state index contributed by atoms with van der Waals surface area (Å²) in [6, 6.07) is 0. The molecule has 7 heteroatoms. The summed E-state index contributed by atoms with van der Waals surface area (Å²) in [5, 5.41) is 0.686. The van der Waals surface area contributed by atoms with E-state index in [1.807, 2.05) is 11.5 Å². The van der Waals surface area contributed by atoms with Crippen molar-refractivity contribution in [3.8, 4) is 0 Å². The molecule has 0 amide bonds. The molecule has 0 aliphatic heterocycles.